The average Bonchev–Trinajstić information content (AvgIpc) is 4.23. The van der Waals surface area contributed by atoms with Crippen molar-refractivity contribution < 1.29 is 48.9 Å². The zero-order valence-electron chi connectivity index (χ0n) is 43.4. The first-order valence-electron chi connectivity index (χ1n) is 24.9. The maximum Gasteiger partial charge on any atom is 0.271 e. The van der Waals surface area contributed by atoms with E-state index in [1.165, 1.54) is 61.2 Å². The molecule has 0 fully saturated rings. The van der Waals surface area contributed by atoms with E-state index in [9.17, 15) is 48.9 Å². The van der Waals surface area contributed by atoms with Gasteiger partial charge >= 0.3 is 0 Å². The van der Waals surface area contributed by atoms with Crippen LogP contribution >= 0.6 is 22.7 Å². The van der Waals surface area contributed by atoms with Crippen LogP contribution in [0.1, 0.15) is 101 Å². The predicted molar refractivity (Wildman–Crippen MR) is 290 cm³/mol. The summed E-state index contributed by atoms with van der Waals surface area (Å²) in [6.07, 6.45) is 2.29. The second-order valence-electron chi connectivity index (χ2n) is 18.0. The molecule has 0 radical (unpaired) electrons. The minimum atomic E-state index is -1.87. The SMILES string of the molecule is C=CC[C@H](C(=O)N[C@H](C(=O)NCCc1nc(-c2nc(C(=O)NCCCNCCCCN)cs2)cs1)[C@@H](C)O)[C@H](O)[C@@H](CC=C)NC(=O)[C@@H](NC(=O)c1nc([C@H](CC(N)=O)NC[C@H](N)C(N)=O)nc(N)c1C)[C@@H](O)c1cnc[nH]1. The van der Waals surface area contributed by atoms with Crippen LogP contribution in [0.15, 0.2) is 48.6 Å². The molecule has 30 heteroatoms. The van der Waals surface area contributed by atoms with Crippen LogP contribution in [-0.4, -0.2) is 162 Å². The van der Waals surface area contributed by atoms with Crippen LogP contribution in [0.2, 0.25) is 0 Å². The number of primary amides is 2. The molecule has 0 saturated carbocycles. The highest BCUT2D eigenvalue weighted by Gasteiger charge is 2.39. The summed E-state index contributed by atoms with van der Waals surface area (Å²) in [7, 11) is 0. The molecule has 7 amide bonds. The first-order chi connectivity index (χ1) is 37.2. The number of nitrogens with zero attached hydrogens (tertiary/aromatic N) is 5. The Bertz CT molecular complexity index is 2650. The summed E-state index contributed by atoms with van der Waals surface area (Å²) in [6, 6.07) is -7.02. The summed E-state index contributed by atoms with van der Waals surface area (Å²) >= 11 is 2.58. The zero-order chi connectivity index (χ0) is 57.5. The van der Waals surface area contributed by atoms with E-state index in [-0.39, 0.29) is 66.9 Å². The zero-order valence-corrected chi connectivity index (χ0v) is 45.0. The van der Waals surface area contributed by atoms with Crippen LogP contribution in [0, 0.1) is 12.8 Å². The van der Waals surface area contributed by atoms with E-state index in [0.29, 0.717) is 28.8 Å². The lowest BCUT2D eigenvalue weighted by atomic mass is 9.89. The number of nitrogens with one attached hydrogen (secondary N) is 8. The molecule has 4 aromatic rings. The number of carbonyl (C=O) groups excluding carboxylic acids is 7. The summed E-state index contributed by atoms with van der Waals surface area (Å²) < 4.78 is 0. The Kier molecular flexibility index (Phi) is 25.9. The van der Waals surface area contributed by atoms with Gasteiger partial charge in [-0.2, -0.15) is 0 Å². The highest BCUT2D eigenvalue weighted by atomic mass is 32.1. The number of thiazole rings is 2. The summed E-state index contributed by atoms with van der Waals surface area (Å²) in [6.45, 7) is 12.7. The van der Waals surface area contributed by atoms with Crippen molar-refractivity contribution in [1.29, 1.82) is 0 Å². The third kappa shape index (κ3) is 19.1. The van der Waals surface area contributed by atoms with Gasteiger partial charge in [-0.15, -0.1) is 35.8 Å². The van der Waals surface area contributed by atoms with Gasteiger partial charge in [0.2, 0.25) is 29.5 Å². The number of hydrogen-bond donors (Lipinski definition) is 16. The Morgan fingerprint density at radius 1 is 0.821 bits per heavy atom. The van der Waals surface area contributed by atoms with Gasteiger partial charge in [-0.3, -0.25) is 33.6 Å². The molecule has 426 valence electrons. The number of H-pyrrole nitrogens is 1. The molecule has 0 spiro atoms. The number of aliphatic hydroxyl groups excluding tert-OH is 3. The van der Waals surface area contributed by atoms with Gasteiger partial charge in [-0.1, -0.05) is 12.2 Å². The number of anilines is 1. The van der Waals surface area contributed by atoms with Gasteiger partial charge in [0.1, 0.15) is 51.9 Å². The van der Waals surface area contributed by atoms with Crippen LogP contribution in [0.25, 0.3) is 10.7 Å². The fraction of sp³-hybridized carbons (Fsp3) is 0.500. The minimum Gasteiger partial charge on any atom is -0.391 e. The maximum atomic E-state index is 14.3. The number of carbonyl (C=O) groups is 7. The molecule has 0 bridgehead atoms. The summed E-state index contributed by atoms with van der Waals surface area (Å²) in [5, 5.41) is 57.9. The fourth-order valence-electron chi connectivity index (χ4n) is 7.57. The highest BCUT2D eigenvalue weighted by molar-refractivity contribution is 7.14. The van der Waals surface area contributed by atoms with Crippen molar-refractivity contribution >= 4 is 69.8 Å². The fourth-order valence-corrected chi connectivity index (χ4v) is 9.19. The van der Waals surface area contributed by atoms with Crippen molar-refractivity contribution in [2.24, 2.45) is 28.9 Å². The first-order valence-corrected chi connectivity index (χ1v) is 26.7. The molecule has 0 unspecified atom stereocenters. The Balaban J connectivity index is 1.43. The van der Waals surface area contributed by atoms with E-state index < -0.39 is 102 Å². The number of unbranched alkanes of at least 4 members (excludes halogenated alkanes) is 1. The maximum absolute atomic E-state index is 14.3. The van der Waals surface area contributed by atoms with E-state index in [1.54, 1.807) is 10.8 Å². The van der Waals surface area contributed by atoms with Crippen LogP contribution < -0.4 is 65.9 Å². The lowest BCUT2D eigenvalue weighted by Gasteiger charge is -2.32. The van der Waals surface area contributed by atoms with Gasteiger partial charge in [0.05, 0.1) is 59.5 Å². The van der Waals surface area contributed by atoms with Crippen molar-refractivity contribution in [2.75, 3.05) is 45.0 Å². The molecule has 28 nitrogen and oxygen atoms in total. The standard InChI is InChI=1S/C48H72N18O10S2/c1-5-10-26(43(72)64-36(25(4)67)45(74)57-17-12-34-60-32(22-77-34)48-62-31(21-78-48)44(73)56-16-9-15-54-14-8-7-13-49)38(69)28(11-6-2)61-47(76)37(39(70)30-20-55-23-59-30)65-46(75)35-24(3)40(52)66-42(63-35)29(18-33(51)68)58-19-27(50)41(53)71/h5-6,20-23,25-29,36-39,54,58,67,69-70H,1-2,7-19,49-50H2,3-4H3,(H2,51,68)(H2,53,71)(H,55,59)(H,56,73)(H,57,74)(H,61,76)(H,64,72)(H,65,75)(H2,52,63,66)/t25-,26+,27+,28-,29+,36+,37+,38+,39+/m1/s1. The third-order valence-corrected chi connectivity index (χ3v) is 13.7. The smallest absolute Gasteiger partial charge is 0.271 e. The second-order valence-corrected chi connectivity index (χ2v) is 19.8. The van der Waals surface area contributed by atoms with Gasteiger partial charge < -0.3 is 86.2 Å². The first kappa shape index (κ1) is 63.4. The summed E-state index contributed by atoms with van der Waals surface area (Å²) in [5.41, 5.74) is 28.6. The molecule has 9 atom stereocenters. The molecule has 4 aromatic heterocycles. The number of hydrogen-bond acceptors (Lipinski definition) is 22. The van der Waals surface area contributed by atoms with Crippen molar-refractivity contribution in [1.82, 2.24) is 67.1 Å². The molecule has 0 aliphatic carbocycles. The Hall–Kier alpha value is -7.16. The third-order valence-electron chi connectivity index (χ3n) is 12.0. The number of nitrogen functional groups attached to an aromatic ring is 1. The summed E-state index contributed by atoms with van der Waals surface area (Å²) in [5.74, 6) is -7.58. The largest absolute Gasteiger partial charge is 0.391 e. The summed E-state index contributed by atoms with van der Waals surface area (Å²) in [4.78, 5) is 116. The van der Waals surface area contributed by atoms with E-state index in [1.807, 2.05) is 0 Å². The average molecular weight is 1130 g/mol. The van der Waals surface area contributed by atoms with E-state index in [4.69, 9.17) is 28.7 Å². The molecule has 4 rings (SSSR count). The monoisotopic (exact) mass is 1120 g/mol. The molecule has 0 saturated heterocycles. The molecular weight excluding hydrogens is 1050 g/mol. The van der Waals surface area contributed by atoms with Gasteiger partial charge in [0.25, 0.3) is 11.8 Å². The Morgan fingerprint density at radius 3 is 2.21 bits per heavy atom. The number of rotatable bonds is 36. The van der Waals surface area contributed by atoms with Gasteiger partial charge in [-0.05, 0) is 65.6 Å². The number of allylic oxidation sites excluding steroid dienone is 1. The van der Waals surface area contributed by atoms with Crippen LogP contribution in [0.5, 0.6) is 0 Å². The van der Waals surface area contributed by atoms with E-state index >= 15 is 0 Å². The number of aromatic amines is 1. The number of amides is 7. The molecule has 0 aliphatic rings. The quantitative estimate of drug-likeness (QED) is 0.0161. The number of nitrogens with two attached hydrogens (primary N) is 5. The van der Waals surface area contributed by atoms with Crippen LogP contribution in [-0.2, 0) is 30.4 Å². The molecule has 0 aliphatic heterocycles. The Morgan fingerprint density at radius 2 is 1.55 bits per heavy atom. The lowest BCUT2D eigenvalue weighted by Crippen LogP contribution is -2.58. The molecular formula is C48H72N18O10S2. The number of aliphatic hydroxyl groups is 3. The Labute approximate surface area is 458 Å². The van der Waals surface area contributed by atoms with E-state index in [2.05, 4.69) is 80.3 Å². The van der Waals surface area contributed by atoms with Gasteiger partial charge in [-0.25, -0.2) is 24.9 Å². The topological polar surface area (TPSA) is 475 Å². The van der Waals surface area contributed by atoms with Crippen molar-refractivity contribution in [2.45, 2.75) is 107 Å². The number of imidazole rings is 1. The molecule has 78 heavy (non-hydrogen) atoms. The van der Waals surface area contributed by atoms with Gasteiger partial charge in [0.15, 0.2) is 0 Å². The molecule has 21 N–H and O–H groups in total. The second kappa shape index (κ2) is 31.9. The highest BCUT2D eigenvalue weighted by Crippen LogP contribution is 2.26. The normalized spacial score (nSPS) is 14.8. The number of aromatic nitrogens is 6. The molecule has 4 heterocycles. The van der Waals surface area contributed by atoms with Crippen molar-refractivity contribution in [3.8, 4) is 10.7 Å². The van der Waals surface area contributed by atoms with Crippen LogP contribution in [0.4, 0.5) is 5.82 Å². The van der Waals surface area contributed by atoms with Crippen molar-refractivity contribution in [3.63, 3.8) is 0 Å². The van der Waals surface area contributed by atoms with E-state index in [0.717, 1.165) is 32.4 Å². The van der Waals surface area contributed by atoms with Crippen molar-refractivity contribution in [3.05, 3.63) is 82.1 Å². The minimum absolute atomic E-state index is 0.0212. The molecule has 0 aromatic carbocycles. The van der Waals surface area contributed by atoms with Crippen LogP contribution in [0.3, 0.4) is 0 Å². The predicted octanol–water partition coefficient (Wildman–Crippen LogP) is -2.89. The lowest BCUT2D eigenvalue weighted by molar-refractivity contribution is -0.137. The van der Waals surface area contributed by atoms with Gasteiger partial charge in [0, 0.05) is 48.8 Å².